The molecule has 0 aromatic heterocycles. The minimum Gasteiger partial charge on any atom is -0.494 e. The third-order valence-corrected chi connectivity index (χ3v) is 2.84. The molecule has 17 heavy (non-hydrogen) atoms. The van der Waals surface area contributed by atoms with Crippen molar-refractivity contribution in [3.05, 3.63) is 29.8 Å². The zero-order chi connectivity index (χ0) is 13.1. The molecule has 0 atom stereocenters. The van der Waals surface area contributed by atoms with Crippen molar-refractivity contribution >= 4 is 0 Å². The molecule has 0 aliphatic carbocycles. The zero-order valence-corrected chi connectivity index (χ0v) is 12.1. The van der Waals surface area contributed by atoms with Crippen LogP contribution in [0, 0.1) is 5.41 Å². The number of hydrogen-bond acceptors (Lipinski definition) is 1. The standard InChI is InChI=1S/C16H26O/c1-15(2,3)11-12-17-14-9-7-13(8-10-14)16(4,5)6/h7-10H,11-12H2,1-6H3. The van der Waals surface area contributed by atoms with E-state index in [-0.39, 0.29) is 5.41 Å². The SMILES string of the molecule is CC(C)(C)CCOc1ccc(C(C)(C)C)cc1. The average Bonchev–Trinajstić information content (AvgIpc) is 2.15. The van der Waals surface area contributed by atoms with Gasteiger partial charge in [-0.15, -0.1) is 0 Å². The Kier molecular flexibility index (Phi) is 4.24. The van der Waals surface area contributed by atoms with Crippen molar-refractivity contribution < 1.29 is 4.74 Å². The minimum atomic E-state index is 0.212. The summed E-state index contributed by atoms with van der Waals surface area (Å²) in [6.07, 6.45) is 1.08. The van der Waals surface area contributed by atoms with Crippen molar-refractivity contribution in [1.29, 1.82) is 0 Å². The van der Waals surface area contributed by atoms with Gasteiger partial charge < -0.3 is 4.74 Å². The van der Waals surface area contributed by atoms with Crippen LogP contribution in [-0.4, -0.2) is 6.61 Å². The van der Waals surface area contributed by atoms with E-state index in [4.69, 9.17) is 4.74 Å². The van der Waals surface area contributed by atoms with Crippen LogP contribution in [0.25, 0.3) is 0 Å². The lowest BCUT2D eigenvalue weighted by Crippen LogP contribution is -2.12. The van der Waals surface area contributed by atoms with Crippen LogP contribution < -0.4 is 4.74 Å². The Morgan fingerprint density at radius 1 is 0.882 bits per heavy atom. The maximum Gasteiger partial charge on any atom is 0.119 e. The lowest BCUT2D eigenvalue weighted by Gasteiger charge is -2.20. The second kappa shape index (κ2) is 5.12. The molecule has 0 unspecified atom stereocenters. The van der Waals surface area contributed by atoms with Gasteiger partial charge in [0.15, 0.2) is 0 Å². The van der Waals surface area contributed by atoms with Gasteiger partial charge in [0.25, 0.3) is 0 Å². The van der Waals surface area contributed by atoms with Crippen LogP contribution in [0.3, 0.4) is 0 Å². The van der Waals surface area contributed by atoms with Crippen LogP contribution in [0.5, 0.6) is 5.75 Å². The molecule has 0 radical (unpaired) electrons. The van der Waals surface area contributed by atoms with Gasteiger partial charge in [-0.1, -0.05) is 53.7 Å². The zero-order valence-electron chi connectivity index (χ0n) is 12.1. The summed E-state index contributed by atoms with van der Waals surface area (Å²) in [5.74, 6) is 0.974. The van der Waals surface area contributed by atoms with E-state index >= 15 is 0 Å². The summed E-state index contributed by atoms with van der Waals surface area (Å²) in [4.78, 5) is 0. The van der Waals surface area contributed by atoms with Gasteiger partial charge in [-0.2, -0.15) is 0 Å². The molecule has 0 fully saturated rings. The van der Waals surface area contributed by atoms with Crippen molar-refractivity contribution in [3.63, 3.8) is 0 Å². The van der Waals surface area contributed by atoms with Gasteiger partial charge >= 0.3 is 0 Å². The van der Waals surface area contributed by atoms with Crippen molar-refractivity contribution in [2.45, 2.75) is 53.4 Å². The Labute approximate surface area is 106 Å². The second-order valence-electron chi connectivity index (χ2n) is 6.93. The molecule has 1 aromatic carbocycles. The predicted molar refractivity (Wildman–Crippen MR) is 74.7 cm³/mol. The van der Waals surface area contributed by atoms with E-state index in [1.54, 1.807) is 0 Å². The lowest BCUT2D eigenvalue weighted by molar-refractivity contribution is 0.243. The molecule has 0 saturated heterocycles. The molecule has 96 valence electrons. The first kappa shape index (κ1) is 14.1. The summed E-state index contributed by atoms with van der Waals surface area (Å²) in [5, 5.41) is 0. The Bertz CT molecular complexity index is 335. The van der Waals surface area contributed by atoms with Crippen LogP contribution in [0.15, 0.2) is 24.3 Å². The van der Waals surface area contributed by atoms with E-state index in [9.17, 15) is 0 Å². The highest BCUT2D eigenvalue weighted by atomic mass is 16.5. The molecule has 0 aliphatic heterocycles. The van der Waals surface area contributed by atoms with Crippen molar-refractivity contribution in [1.82, 2.24) is 0 Å². The first-order valence-corrected chi connectivity index (χ1v) is 6.42. The molecule has 1 heteroatoms. The fourth-order valence-corrected chi connectivity index (χ4v) is 1.53. The Morgan fingerprint density at radius 3 is 1.82 bits per heavy atom. The monoisotopic (exact) mass is 234 g/mol. The van der Waals surface area contributed by atoms with Gasteiger partial charge in [-0.3, -0.25) is 0 Å². The van der Waals surface area contributed by atoms with Gasteiger partial charge in [0, 0.05) is 0 Å². The number of hydrogen-bond donors (Lipinski definition) is 0. The third kappa shape index (κ3) is 5.25. The molecule has 0 spiro atoms. The Morgan fingerprint density at radius 2 is 1.41 bits per heavy atom. The van der Waals surface area contributed by atoms with Gasteiger partial charge in [0.1, 0.15) is 5.75 Å². The van der Waals surface area contributed by atoms with Crippen molar-refractivity contribution in [3.8, 4) is 5.75 Å². The van der Waals surface area contributed by atoms with Crippen LogP contribution >= 0.6 is 0 Å². The van der Waals surface area contributed by atoms with Gasteiger partial charge in [-0.25, -0.2) is 0 Å². The maximum absolute atomic E-state index is 5.75. The van der Waals surface area contributed by atoms with Crippen LogP contribution in [-0.2, 0) is 5.41 Å². The van der Waals surface area contributed by atoms with Crippen LogP contribution in [0.4, 0.5) is 0 Å². The second-order valence-corrected chi connectivity index (χ2v) is 6.93. The van der Waals surface area contributed by atoms with Crippen LogP contribution in [0.1, 0.15) is 53.5 Å². The molecular formula is C16H26O. The van der Waals surface area contributed by atoms with Crippen molar-refractivity contribution in [2.24, 2.45) is 5.41 Å². The van der Waals surface area contributed by atoms with E-state index in [1.807, 2.05) is 0 Å². The van der Waals surface area contributed by atoms with E-state index < -0.39 is 0 Å². The van der Waals surface area contributed by atoms with E-state index in [0.29, 0.717) is 5.41 Å². The lowest BCUT2D eigenvalue weighted by atomic mass is 9.87. The maximum atomic E-state index is 5.75. The number of rotatable bonds is 3. The first-order chi connectivity index (χ1) is 7.68. The highest BCUT2D eigenvalue weighted by molar-refractivity contribution is 5.31. The average molecular weight is 234 g/mol. The predicted octanol–water partition coefficient (Wildman–Crippen LogP) is 4.80. The van der Waals surface area contributed by atoms with E-state index in [0.717, 1.165) is 18.8 Å². The van der Waals surface area contributed by atoms with E-state index in [2.05, 4.69) is 65.8 Å². The summed E-state index contributed by atoms with van der Waals surface area (Å²) in [7, 11) is 0. The molecule has 0 aliphatic rings. The van der Waals surface area contributed by atoms with E-state index in [1.165, 1.54) is 5.56 Å². The molecule has 1 nitrogen and oxygen atoms in total. The highest BCUT2D eigenvalue weighted by Gasteiger charge is 2.13. The smallest absolute Gasteiger partial charge is 0.119 e. The molecule has 0 saturated carbocycles. The molecule has 0 bridgehead atoms. The molecule has 1 rings (SSSR count). The topological polar surface area (TPSA) is 9.23 Å². The fourth-order valence-electron chi connectivity index (χ4n) is 1.53. The van der Waals surface area contributed by atoms with Gasteiger partial charge in [0.05, 0.1) is 6.61 Å². The quantitative estimate of drug-likeness (QED) is 0.730. The van der Waals surface area contributed by atoms with Gasteiger partial charge in [-0.05, 0) is 34.9 Å². The molecule has 1 aromatic rings. The molecule has 0 heterocycles. The molecular weight excluding hydrogens is 208 g/mol. The summed E-state index contributed by atoms with van der Waals surface area (Å²) in [6, 6.07) is 8.46. The first-order valence-electron chi connectivity index (χ1n) is 6.42. The summed E-state index contributed by atoms with van der Waals surface area (Å²) in [5.41, 5.74) is 1.90. The van der Waals surface area contributed by atoms with Gasteiger partial charge in [0.2, 0.25) is 0 Å². The summed E-state index contributed by atoms with van der Waals surface area (Å²) < 4.78 is 5.75. The third-order valence-electron chi connectivity index (χ3n) is 2.84. The molecule has 0 N–H and O–H groups in total. The summed E-state index contributed by atoms with van der Waals surface area (Å²) in [6.45, 7) is 14.2. The largest absolute Gasteiger partial charge is 0.494 e. The van der Waals surface area contributed by atoms with Crippen LogP contribution in [0.2, 0.25) is 0 Å². The summed E-state index contributed by atoms with van der Waals surface area (Å²) >= 11 is 0. The van der Waals surface area contributed by atoms with Crippen molar-refractivity contribution in [2.75, 3.05) is 6.61 Å². The number of ether oxygens (including phenoxy) is 1. The normalized spacial score (nSPS) is 12.6. The fraction of sp³-hybridized carbons (Fsp3) is 0.625. The molecule has 0 amide bonds. The highest BCUT2D eigenvalue weighted by Crippen LogP contribution is 2.25. The number of benzene rings is 1. The Hall–Kier alpha value is -0.980. The Balaban J connectivity index is 2.52. The minimum absolute atomic E-state index is 0.212.